The quantitative estimate of drug-likeness (QED) is 0.698. The van der Waals surface area contributed by atoms with Gasteiger partial charge in [0.25, 0.3) is 0 Å². The second kappa shape index (κ2) is 6.17. The van der Waals surface area contributed by atoms with Crippen molar-refractivity contribution < 1.29 is 4.79 Å². The van der Waals surface area contributed by atoms with Crippen LogP contribution >= 0.6 is 22.9 Å². The molecule has 0 radical (unpaired) electrons. The Kier molecular flexibility index (Phi) is 4.09. The van der Waals surface area contributed by atoms with E-state index in [9.17, 15) is 4.79 Å². The van der Waals surface area contributed by atoms with Gasteiger partial charge in [-0.25, -0.2) is 4.98 Å². The summed E-state index contributed by atoms with van der Waals surface area (Å²) >= 11 is 7.28. The molecule has 0 amide bonds. The van der Waals surface area contributed by atoms with Gasteiger partial charge in [-0.1, -0.05) is 53.3 Å². The largest absolute Gasteiger partial charge is 0.382 e. The van der Waals surface area contributed by atoms with Gasteiger partial charge < -0.3 is 11.1 Å². The number of carbonyl (C=O) groups excluding carboxylic acids is 1. The normalized spacial score (nSPS) is 10.4. The molecule has 0 spiro atoms. The Labute approximate surface area is 136 Å². The molecule has 1 aromatic heterocycles. The fourth-order valence-electron chi connectivity index (χ4n) is 1.96. The van der Waals surface area contributed by atoms with Crippen molar-refractivity contribution in [3.8, 4) is 0 Å². The van der Waals surface area contributed by atoms with E-state index in [1.807, 2.05) is 30.3 Å². The van der Waals surface area contributed by atoms with Gasteiger partial charge in [0.2, 0.25) is 5.78 Å². The maximum absolute atomic E-state index is 12.5. The molecular formula is C16H12ClN3OS. The molecule has 0 saturated carbocycles. The minimum Gasteiger partial charge on any atom is -0.382 e. The molecule has 22 heavy (non-hydrogen) atoms. The number of halogens is 1. The van der Waals surface area contributed by atoms with E-state index in [2.05, 4.69) is 10.3 Å². The van der Waals surface area contributed by atoms with E-state index in [-0.39, 0.29) is 11.6 Å². The van der Waals surface area contributed by atoms with E-state index in [0.29, 0.717) is 20.6 Å². The van der Waals surface area contributed by atoms with Crippen LogP contribution in [0.4, 0.5) is 16.6 Å². The first kappa shape index (κ1) is 14.6. The third kappa shape index (κ3) is 2.95. The van der Waals surface area contributed by atoms with E-state index < -0.39 is 0 Å². The Bertz CT molecular complexity index is 817. The van der Waals surface area contributed by atoms with Gasteiger partial charge in [-0.05, 0) is 24.3 Å². The Morgan fingerprint density at radius 1 is 1.09 bits per heavy atom. The molecule has 0 bridgehead atoms. The number of anilines is 3. The van der Waals surface area contributed by atoms with E-state index in [4.69, 9.17) is 17.3 Å². The molecule has 3 rings (SSSR count). The maximum Gasteiger partial charge on any atom is 0.208 e. The lowest BCUT2D eigenvalue weighted by molar-refractivity contribution is 0.104. The number of carbonyl (C=O) groups is 1. The number of thiazole rings is 1. The zero-order chi connectivity index (χ0) is 15.5. The minimum atomic E-state index is -0.221. The SMILES string of the molecule is Nc1nc(Nc2ccccc2)sc1C(=O)c1ccccc1Cl. The molecule has 3 aromatic rings. The second-order valence-electron chi connectivity index (χ2n) is 4.53. The summed E-state index contributed by atoms with van der Waals surface area (Å²) in [5, 5.41) is 4.10. The number of nitrogen functional groups attached to an aromatic ring is 1. The topological polar surface area (TPSA) is 68.0 Å². The Morgan fingerprint density at radius 3 is 2.50 bits per heavy atom. The van der Waals surface area contributed by atoms with Crippen molar-refractivity contribution >= 4 is 45.4 Å². The Hall–Kier alpha value is -2.37. The standard InChI is InChI=1S/C16H12ClN3OS/c17-12-9-5-4-8-11(12)13(21)14-15(18)20-16(22-14)19-10-6-2-1-3-7-10/h1-9H,18H2,(H,19,20). The van der Waals surface area contributed by atoms with Gasteiger partial charge in [0.15, 0.2) is 5.13 Å². The lowest BCUT2D eigenvalue weighted by Crippen LogP contribution is -2.03. The second-order valence-corrected chi connectivity index (χ2v) is 5.94. The van der Waals surface area contributed by atoms with Crippen molar-refractivity contribution in [2.24, 2.45) is 0 Å². The number of benzene rings is 2. The summed E-state index contributed by atoms with van der Waals surface area (Å²) < 4.78 is 0. The molecule has 0 aliphatic rings. The summed E-state index contributed by atoms with van der Waals surface area (Å²) in [6.45, 7) is 0. The summed E-state index contributed by atoms with van der Waals surface area (Å²) in [4.78, 5) is 17.1. The molecule has 0 unspecified atom stereocenters. The summed E-state index contributed by atoms with van der Waals surface area (Å²) in [5.41, 5.74) is 7.18. The highest BCUT2D eigenvalue weighted by atomic mass is 35.5. The predicted octanol–water partition coefficient (Wildman–Crippen LogP) is 4.35. The third-order valence-corrected chi connectivity index (χ3v) is 4.32. The first-order valence-corrected chi connectivity index (χ1v) is 7.72. The highest BCUT2D eigenvalue weighted by molar-refractivity contribution is 7.18. The highest BCUT2D eigenvalue weighted by Gasteiger charge is 2.19. The van der Waals surface area contributed by atoms with Crippen molar-refractivity contribution in [2.75, 3.05) is 11.1 Å². The fraction of sp³-hybridized carbons (Fsp3) is 0. The van der Waals surface area contributed by atoms with Crippen LogP contribution < -0.4 is 11.1 Å². The Balaban J connectivity index is 1.90. The number of nitrogens with one attached hydrogen (secondary N) is 1. The van der Waals surface area contributed by atoms with Crippen molar-refractivity contribution in [3.63, 3.8) is 0 Å². The van der Waals surface area contributed by atoms with Crippen LogP contribution in [-0.2, 0) is 0 Å². The molecule has 0 aliphatic heterocycles. The van der Waals surface area contributed by atoms with Crippen molar-refractivity contribution in [1.82, 2.24) is 4.98 Å². The number of hydrogen-bond donors (Lipinski definition) is 2. The van der Waals surface area contributed by atoms with Crippen molar-refractivity contribution in [2.45, 2.75) is 0 Å². The molecule has 1 heterocycles. The van der Waals surface area contributed by atoms with Gasteiger partial charge in [0.1, 0.15) is 10.7 Å². The zero-order valence-electron chi connectivity index (χ0n) is 11.4. The number of ketones is 1. The lowest BCUT2D eigenvalue weighted by Gasteiger charge is -2.01. The molecule has 0 aliphatic carbocycles. The van der Waals surface area contributed by atoms with Crippen LogP contribution in [0.2, 0.25) is 5.02 Å². The molecule has 110 valence electrons. The van der Waals surface area contributed by atoms with Crippen LogP contribution in [-0.4, -0.2) is 10.8 Å². The number of rotatable bonds is 4. The van der Waals surface area contributed by atoms with Gasteiger partial charge >= 0.3 is 0 Å². The van der Waals surface area contributed by atoms with Crippen molar-refractivity contribution in [1.29, 1.82) is 0 Å². The molecule has 2 aromatic carbocycles. The summed E-state index contributed by atoms with van der Waals surface area (Å²) in [5.74, 6) is -0.0185. The van der Waals surface area contributed by atoms with Gasteiger partial charge in [-0.15, -0.1) is 0 Å². The van der Waals surface area contributed by atoms with Crippen LogP contribution in [0.3, 0.4) is 0 Å². The first-order valence-electron chi connectivity index (χ1n) is 6.53. The predicted molar refractivity (Wildman–Crippen MR) is 91.1 cm³/mol. The molecule has 3 N–H and O–H groups in total. The lowest BCUT2D eigenvalue weighted by atomic mass is 10.1. The van der Waals surface area contributed by atoms with Crippen LogP contribution in [0.25, 0.3) is 0 Å². The van der Waals surface area contributed by atoms with E-state index in [1.165, 1.54) is 11.3 Å². The molecule has 6 heteroatoms. The smallest absolute Gasteiger partial charge is 0.208 e. The van der Waals surface area contributed by atoms with E-state index in [1.54, 1.807) is 24.3 Å². The molecule has 0 saturated heterocycles. The minimum absolute atomic E-state index is 0.202. The molecular weight excluding hydrogens is 318 g/mol. The van der Waals surface area contributed by atoms with Crippen LogP contribution in [0, 0.1) is 0 Å². The summed E-state index contributed by atoms with van der Waals surface area (Å²) in [7, 11) is 0. The van der Waals surface area contributed by atoms with Crippen LogP contribution in [0.15, 0.2) is 54.6 Å². The van der Waals surface area contributed by atoms with E-state index in [0.717, 1.165) is 5.69 Å². The average Bonchev–Trinajstić information content (AvgIpc) is 2.88. The molecule has 0 fully saturated rings. The monoisotopic (exact) mass is 329 g/mol. The molecule has 0 atom stereocenters. The number of nitrogens with two attached hydrogens (primary N) is 1. The summed E-state index contributed by atoms with van der Waals surface area (Å²) in [6.07, 6.45) is 0. The number of nitrogens with zero attached hydrogens (tertiary/aromatic N) is 1. The fourth-order valence-corrected chi connectivity index (χ4v) is 3.04. The molecule has 4 nitrogen and oxygen atoms in total. The Morgan fingerprint density at radius 2 is 1.77 bits per heavy atom. The maximum atomic E-state index is 12.5. The van der Waals surface area contributed by atoms with Gasteiger partial charge in [0, 0.05) is 11.3 Å². The first-order chi connectivity index (χ1) is 10.6. The number of aromatic nitrogens is 1. The third-order valence-electron chi connectivity index (χ3n) is 3.00. The van der Waals surface area contributed by atoms with Crippen LogP contribution in [0.1, 0.15) is 15.2 Å². The average molecular weight is 330 g/mol. The number of hydrogen-bond acceptors (Lipinski definition) is 5. The van der Waals surface area contributed by atoms with Crippen LogP contribution in [0.5, 0.6) is 0 Å². The zero-order valence-corrected chi connectivity index (χ0v) is 13.0. The van der Waals surface area contributed by atoms with Gasteiger partial charge in [-0.3, -0.25) is 4.79 Å². The van der Waals surface area contributed by atoms with Crippen molar-refractivity contribution in [3.05, 3.63) is 70.1 Å². The summed E-state index contributed by atoms with van der Waals surface area (Å²) in [6, 6.07) is 16.5. The highest BCUT2D eigenvalue weighted by Crippen LogP contribution is 2.31. The van der Waals surface area contributed by atoms with Gasteiger partial charge in [0.05, 0.1) is 5.02 Å². The number of para-hydroxylation sites is 1. The van der Waals surface area contributed by atoms with Gasteiger partial charge in [-0.2, -0.15) is 0 Å². The van der Waals surface area contributed by atoms with E-state index >= 15 is 0 Å².